The molecule has 1 aliphatic rings. The zero-order valence-corrected chi connectivity index (χ0v) is 14.2. The number of ether oxygens (including phenoxy) is 3. The first-order chi connectivity index (χ1) is 9.76. The van der Waals surface area contributed by atoms with Gasteiger partial charge in [0.2, 0.25) is 6.29 Å². The number of hydrogen-bond donors (Lipinski definition) is 0. The third-order valence-corrected chi connectivity index (χ3v) is 2.99. The molecule has 1 rings (SSSR count). The van der Waals surface area contributed by atoms with E-state index in [2.05, 4.69) is 0 Å². The summed E-state index contributed by atoms with van der Waals surface area (Å²) in [6.45, 7) is 10.4. The van der Waals surface area contributed by atoms with Crippen molar-refractivity contribution in [2.45, 2.75) is 79.4 Å². The van der Waals surface area contributed by atoms with Gasteiger partial charge < -0.3 is 14.2 Å². The van der Waals surface area contributed by atoms with Crippen molar-refractivity contribution in [3.63, 3.8) is 0 Å². The van der Waals surface area contributed by atoms with E-state index in [0.717, 1.165) is 12.8 Å². The van der Waals surface area contributed by atoms with Crippen molar-refractivity contribution in [2.24, 2.45) is 5.92 Å². The highest BCUT2D eigenvalue weighted by Gasteiger charge is 2.17. The van der Waals surface area contributed by atoms with E-state index in [1.54, 1.807) is 0 Å². The molecule has 0 spiro atoms. The van der Waals surface area contributed by atoms with Crippen LogP contribution >= 0.6 is 0 Å². The fourth-order valence-corrected chi connectivity index (χ4v) is 1.98. The molecule has 122 valence electrons. The van der Waals surface area contributed by atoms with Gasteiger partial charge in [0.15, 0.2) is 0 Å². The predicted octanol–water partition coefficient (Wildman–Crippen LogP) is 5.15. The summed E-state index contributed by atoms with van der Waals surface area (Å²) in [5.74, 6) is 0.518. The van der Waals surface area contributed by atoms with Crippen LogP contribution in [-0.2, 0) is 14.2 Å². The molecule has 0 bridgehead atoms. The molecule has 0 aromatic rings. The van der Waals surface area contributed by atoms with Crippen LogP contribution in [0.2, 0.25) is 0 Å². The van der Waals surface area contributed by atoms with Gasteiger partial charge in [0, 0.05) is 13.5 Å². The molecule has 0 saturated heterocycles. The van der Waals surface area contributed by atoms with Gasteiger partial charge in [0.1, 0.15) is 0 Å². The summed E-state index contributed by atoms with van der Waals surface area (Å²) in [5.41, 5.74) is 0. The summed E-state index contributed by atoms with van der Waals surface area (Å²) < 4.78 is 15.0. The standard InChI is InChI=1S/C12H22O4.2C2H6/c1-3-11(14-2)16-12(13)15-9-10-7-5-4-6-8-10;2*1-2/h10-11H,3-9H2,1-2H3;2*1-2H3. The van der Waals surface area contributed by atoms with Crippen LogP contribution in [0.4, 0.5) is 4.79 Å². The van der Waals surface area contributed by atoms with Gasteiger partial charge in [-0.1, -0.05) is 53.9 Å². The van der Waals surface area contributed by atoms with E-state index < -0.39 is 12.4 Å². The summed E-state index contributed by atoms with van der Waals surface area (Å²) in [6, 6.07) is 0. The van der Waals surface area contributed by atoms with Crippen molar-refractivity contribution in [2.75, 3.05) is 13.7 Å². The minimum Gasteiger partial charge on any atom is -0.434 e. The lowest BCUT2D eigenvalue weighted by Crippen LogP contribution is -2.22. The Balaban J connectivity index is 0. The van der Waals surface area contributed by atoms with E-state index in [1.165, 1.54) is 26.4 Å². The molecule has 0 radical (unpaired) electrons. The molecule has 0 aliphatic heterocycles. The minimum atomic E-state index is -0.612. The summed E-state index contributed by atoms with van der Waals surface area (Å²) in [7, 11) is 1.52. The van der Waals surface area contributed by atoms with Crippen LogP contribution < -0.4 is 0 Å². The van der Waals surface area contributed by atoms with E-state index in [0.29, 0.717) is 18.9 Å². The second kappa shape index (κ2) is 16.3. The number of rotatable bonds is 5. The van der Waals surface area contributed by atoms with Gasteiger partial charge in [-0.3, -0.25) is 0 Å². The average molecular weight is 290 g/mol. The topological polar surface area (TPSA) is 44.8 Å². The molecule has 0 amide bonds. The van der Waals surface area contributed by atoms with Crippen LogP contribution in [0.5, 0.6) is 0 Å². The van der Waals surface area contributed by atoms with E-state index in [1.807, 2.05) is 34.6 Å². The van der Waals surface area contributed by atoms with Crippen molar-refractivity contribution in [1.82, 2.24) is 0 Å². The summed E-state index contributed by atoms with van der Waals surface area (Å²) in [6.07, 6.45) is 5.66. The number of carbonyl (C=O) groups excluding carboxylic acids is 1. The van der Waals surface area contributed by atoms with E-state index >= 15 is 0 Å². The maximum atomic E-state index is 11.3. The van der Waals surface area contributed by atoms with E-state index in [9.17, 15) is 4.79 Å². The van der Waals surface area contributed by atoms with E-state index in [-0.39, 0.29) is 0 Å². The largest absolute Gasteiger partial charge is 0.510 e. The maximum Gasteiger partial charge on any atom is 0.510 e. The molecule has 4 nitrogen and oxygen atoms in total. The Hall–Kier alpha value is -0.770. The molecule has 0 aromatic carbocycles. The zero-order valence-electron chi connectivity index (χ0n) is 14.2. The van der Waals surface area contributed by atoms with Gasteiger partial charge in [-0.2, -0.15) is 0 Å². The van der Waals surface area contributed by atoms with Crippen molar-refractivity contribution in [3.05, 3.63) is 0 Å². The van der Waals surface area contributed by atoms with Crippen molar-refractivity contribution >= 4 is 6.16 Å². The fraction of sp³-hybridized carbons (Fsp3) is 0.938. The van der Waals surface area contributed by atoms with Gasteiger partial charge in [0.25, 0.3) is 0 Å². The SMILES string of the molecule is CC.CC.CCC(OC)OC(=O)OCC1CCCCC1. The van der Waals surface area contributed by atoms with E-state index in [4.69, 9.17) is 14.2 Å². The minimum absolute atomic E-state index is 0.485. The van der Waals surface area contributed by atoms with Crippen LogP contribution in [0, 0.1) is 5.92 Å². The second-order valence-electron chi connectivity index (χ2n) is 4.26. The van der Waals surface area contributed by atoms with Crippen LogP contribution in [0.3, 0.4) is 0 Å². The lowest BCUT2D eigenvalue weighted by atomic mass is 9.90. The highest BCUT2D eigenvalue weighted by molar-refractivity contribution is 5.59. The average Bonchev–Trinajstić information content (AvgIpc) is 2.55. The van der Waals surface area contributed by atoms with Crippen LogP contribution in [0.25, 0.3) is 0 Å². The highest BCUT2D eigenvalue weighted by atomic mass is 16.8. The molecular weight excluding hydrogens is 256 g/mol. The monoisotopic (exact) mass is 290 g/mol. The molecule has 0 N–H and O–H groups in total. The van der Waals surface area contributed by atoms with Crippen LogP contribution in [0.1, 0.15) is 73.1 Å². The van der Waals surface area contributed by atoms with Crippen molar-refractivity contribution in [1.29, 1.82) is 0 Å². The molecule has 20 heavy (non-hydrogen) atoms. The number of methoxy groups -OCH3 is 1. The quantitative estimate of drug-likeness (QED) is 0.518. The normalized spacial score (nSPS) is 15.9. The van der Waals surface area contributed by atoms with Crippen molar-refractivity contribution < 1.29 is 19.0 Å². The van der Waals surface area contributed by atoms with Gasteiger partial charge >= 0.3 is 6.16 Å². The third-order valence-electron chi connectivity index (χ3n) is 2.99. The fourth-order valence-electron chi connectivity index (χ4n) is 1.98. The Labute approximate surface area is 125 Å². The summed E-state index contributed by atoms with van der Waals surface area (Å²) >= 11 is 0. The lowest BCUT2D eigenvalue weighted by Gasteiger charge is -2.21. The van der Waals surface area contributed by atoms with Crippen LogP contribution in [0.15, 0.2) is 0 Å². The summed E-state index contributed by atoms with van der Waals surface area (Å²) in [5, 5.41) is 0. The molecule has 0 heterocycles. The Bertz CT molecular complexity index is 197. The number of hydrogen-bond acceptors (Lipinski definition) is 4. The molecule has 1 aliphatic carbocycles. The molecular formula is C16H34O4. The van der Waals surface area contributed by atoms with Gasteiger partial charge in [-0.25, -0.2) is 4.79 Å². The lowest BCUT2D eigenvalue weighted by molar-refractivity contribution is -0.106. The summed E-state index contributed by atoms with van der Waals surface area (Å²) in [4.78, 5) is 11.3. The molecule has 0 aromatic heterocycles. The first-order valence-electron chi connectivity index (χ1n) is 8.12. The Kier molecular flexibility index (Phi) is 17.5. The molecule has 1 unspecified atom stereocenters. The van der Waals surface area contributed by atoms with Gasteiger partial charge in [-0.05, 0) is 18.8 Å². The van der Waals surface area contributed by atoms with Crippen LogP contribution in [-0.4, -0.2) is 26.2 Å². The Morgan fingerprint density at radius 2 is 1.65 bits per heavy atom. The predicted molar refractivity (Wildman–Crippen MR) is 82.8 cm³/mol. The first kappa shape index (κ1) is 21.5. The maximum absolute atomic E-state index is 11.3. The first-order valence-corrected chi connectivity index (χ1v) is 8.12. The molecule has 1 fully saturated rings. The van der Waals surface area contributed by atoms with Gasteiger partial charge in [0.05, 0.1) is 6.61 Å². The molecule has 4 heteroatoms. The zero-order chi connectivity index (χ0) is 15.8. The van der Waals surface area contributed by atoms with Crippen molar-refractivity contribution in [3.8, 4) is 0 Å². The number of carbonyl (C=O) groups is 1. The smallest absolute Gasteiger partial charge is 0.434 e. The molecule has 1 saturated carbocycles. The van der Waals surface area contributed by atoms with Gasteiger partial charge in [-0.15, -0.1) is 0 Å². The Morgan fingerprint density at radius 3 is 2.10 bits per heavy atom. The highest BCUT2D eigenvalue weighted by Crippen LogP contribution is 2.23. The molecule has 1 atom stereocenters. The Morgan fingerprint density at radius 1 is 1.10 bits per heavy atom. The third kappa shape index (κ3) is 11.1. The second-order valence-corrected chi connectivity index (χ2v) is 4.26.